The zero-order chi connectivity index (χ0) is 14.0. The smallest absolute Gasteiger partial charge is 0.223 e. The van der Waals surface area contributed by atoms with Crippen LogP contribution in [0.2, 0.25) is 0 Å². The number of rotatable bonds is 3. The molecule has 2 rings (SSSR count). The van der Waals surface area contributed by atoms with Crippen molar-refractivity contribution in [3.63, 3.8) is 0 Å². The minimum absolute atomic E-state index is 0.0564. The van der Waals surface area contributed by atoms with Gasteiger partial charge >= 0.3 is 0 Å². The van der Waals surface area contributed by atoms with E-state index in [1.165, 1.54) is 0 Å². The zero-order valence-corrected chi connectivity index (χ0v) is 12.2. The number of anilines is 3. The van der Waals surface area contributed by atoms with E-state index in [-0.39, 0.29) is 17.5 Å². The van der Waals surface area contributed by atoms with Crippen molar-refractivity contribution in [1.29, 1.82) is 0 Å². The first kappa shape index (κ1) is 14.2. The van der Waals surface area contributed by atoms with E-state index in [9.17, 15) is 8.42 Å². The summed E-state index contributed by atoms with van der Waals surface area (Å²) in [4.78, 5) is 9.65. The van der Waals surface area contributed by atoms with Crippen molar-refractivity contribution in [3.05, 3.63) is 6.07 Å². The number of nitrogens with two attached hydrogens (primary N) is 2. The molecule has 7 nitrogen and oxygen atoms in total. The van der Waals surface area contributed by atoms with Crippen LogP contribution in [-0.4, -0.2) is 47.6 Å². The lowest BCUT2D eigenvalue weighted by atomic mass is 10.4. The molecule has 1 fully saturated rings. The van der Waals surface area contributed by atoms with Crippen molar-refractivity contribution < 1.29 is 8.42 Å². The zero-order valence-electron chi connectivity index (χ0n) is 10.6. The summed E-state index contributed by atoms with van der Waals surface area (Å²) in [5.41, 5.74) is 11.2. The lowest BCUT2D eigenvalue weighted by Crippen LogP contribution is -2.48. The second kappa shape index (κ2) is 5.41. The van der Waals surface area contributed by atoms with Crippen molar-refractivity contribution in [2.45, 2.75) is 12.3 Å². The van der Waals surface area contributed by atoms with Crippen LogP contribution >= 0.6 is 11.8 Å². The topological polar surface area (TPSA) is 115 Å². The molecule has 0 radical (unpaired) electrons. The van der Waals surface area contributed by atoms with E-state index in [2.05, 4.69) is 9.97 Å². The predicted octanol–water partition coefficient (Wildman–Crippen LogP) is -0.0450. The second-order valence-corrected chi connectivity index (χ2v) is 7.78. The molecule has 4 N–H and O–H groups in total. The molecule has 0 saturated carbocycles. The standard InChI is InChI=1S/C10H17N5O2S2/c1-2-19(16,17)9-6-18-4-3-15(9)8-5-7(11)13-10(12)14-8/h5,9H,2-4,6H2,1H3,(H4,11,12,13,14). The monoisotopic (exact) mass is 303 g/mol. The minimum atomic E-state index is -3.18. The van der Waals surface area contributed by atoms with Gasteiger partial charge in [-0.25, -0.2) is 8.42 Å². The lowest BCUT2D eigenvalue weighted by Gasteiger charge is -2.35. The van der Waals surface area contributed by atoms with E-state index >= 15 is 0 Å². The summed E-state index contributed by atoms with van der Waals surface area (Å²) in [6, 6.07) is 1.56. The summed E-state index contributed by atoms with van der Waals surface area (Å²) in [5.74, 6) is 2.26. The van der Waals surface area contributed by atoms with Crippen molar-refractivity contribution in [1.82, 2.24) is 9.97 Å². The first-order valence-corrected chi connectivity index (χ1v) is 8.77. The summed E-state index contributed by atoms with van der Waals surface area (Å²) in [5, 5.41) is -0.579. The van der Waals surface area contributed by atoms with Gasteiger partial charge in [0.2, 0.25) is 5.95 Å². The van der Waals surface area contributed by atoms with Crippen molar-refractivity contribution >= 4 is 39.2 Å². The van der Waals surface area contributed by atoms with Crippen LogP contribution in [0.15, 0.2) is 6.07 Å². The third-order valence-electron chi connectivity index (χ3n) is 2.95. The fraction of sp³-hybridized carbons (Fsp3) is 0.600. The van der Waals surface area contributed by atoms with Gasteiger partial charge in [-0.05, 0) is 0 Å². The molecule has 1 saturated heterocycles. The van der Waals surface area contributed by atoms with Gasteiger partial charge in [-0.3, -0.25) is 0 Å². The molecule has 0 bridgehead atoms. The van der Waals surface area contributed by atoms with Crippen LogP contribution in [0, 0.1) is 0 Å². The van der Waals surface area contributed by atoms with E-state index in [4.69, 9.17) is 11.5 Å². The molecule has 0 aliphatic carbocycles. The maximum Gasteiger partial charge on any atom is 0.223 e. The summed E-state index contributed by atoms with van der Waals surface area (Å²) >= 11 is 1.63. The van der Waals surface area contributed by atoms with E-state index in [0.29, 0.717) is 18.1 Å². The van der Waals surface area contributed by atoms with E-state index in [0.717, 1.165) is 5.75 Å². The molecule has 2 heterocycles. The third kappa shape index (κ3) is 3.03. The Bertz CT molecular complexity index is 543. The molecule has 1 aromatic heterocycles. The van der Waals surface area contributed by atoms with Gasteiger partial charge in [-0.1, -0.05) is 6.92 Å². The number of hydrogen-bond donors (Lipinski definition) is 2. The number of nitrogens with zero attached hydrogens (tertiary/aromatic N) is 3. The molecule has 106 valence electrons. The first-order chi connectivity index (χ1) is 8.94. The van der Waals surface area contributed by atoms with E-state index < -0.39 is 15.2 Å². The normalized spacial score (nSPS) is 20.5. The first-order valence-electron chi connectivity index (χ1n) is 5.90. The van der Waals surface area contributed by atoms with Gasteiger partial charge in [0.25, 0.3) is 0 Å². The van der Waals surface area contributed by atoms with Crippen LogP contribution in [0.4, 0.5) is 17.6 Å². The molecule has 1 aromatic rings. The summed E-state index contributed by atoms with van der Waals surface area (Å²) < 4.78 is 24.3. The quantitative estimate of drug-likeness (QED) is 0.799. The molecule has 0 spiro atoms. The average molecular weight is 303 g/mol. The van der Waals surface area contributed by atoms with Gasteiger partial charge in [0.15, 0.2) is 9.84 Å². The molecule has 0 aromatic carbocycles. The fourth-order valence-corrected chi connectivity index (χ4v) is 4.93. The van der Waals surface area contributed by atoms with Crippen LogP contribution in [0.3, 0.4) is 0 Å². The van der Waals surface area contributed by atoms with Gasteiger partial charge in [0.1, 0.15) is 17.0 Å². The Morgan fingerprint density at radius 3 is 2.84 bits per heavy atom. The largest absolute Gasteiger partial charge is 0.383 e. The fourth-order valence-electron chi connectivity index (χ4n) is 1.95. The van der Waals surface area contributed by atoms with Crippen LogP contribution in [0.25, 0.3) is 0 Å². The molecule has 1 atom stereocenters. The Labute approximate surface area is 116 Å². The Hall–Kier alpha value is -1.22. The molecule has 19 heavy (non-hydrogen) atoms. The molecular formula is C10H17N5O2S2. The highest BCUT2D eigenvalue weighted by Gasteiger charge is 2.33. The maximum atomic E-state index is 12.1. The highest BCUT2D eigenvalue weighted by Crippen LogP contribution is 2.27. The number of sulfone groups is 1. The van der Waals surface area contributed by atoms with Crippen molar-refractivity contribution in [2.24, 2.45) is 0 Å². The van der Waals surface area contributed by atoms with Gasteiger partial charge in [0.05, 0.1) is 0 Å². The van der Waals surface area contributed by atoms with Gasteiger partial charge in [0, 0.05) is 29.9 Å². The van der Waals surface area contributed by atoms with Gasteiger partial charge in [-0.2, -0.15) is 21.7 Å². The molecule has 9 heteroatoms. The highest BCUT2D eigenvalue weighted by molar-refractivity contribution is 8.01. The van der Waals surface area contributed by atoms with Gasteiger partial charge < -0.3 is 16.4 Å². The molecule has 1 unspecified atom stereocenters. The number of aromatic nitrogens is 2. The summed E-state index contributed by atoms with van der Waals surface area (Å²) in [7, 11) is -3.18. The highest BCUT2D eigenvalue weighted by atomic mass is 32.2. The maximum absolute atomic E-state index is 12.1. The average Bonchev–Trinajstić information content (AvgIpc) is 2.37. The Balaban J connectivity index is 2.39. The van der Waals surface area contributed by atoms with Crippen molar-refractivity contribution in [2.75, 3.05) is 40.2 Å². The molecule has 1 aliphatic heterocycles. The molecule has 0 amide bonds. The van der Waals surface area contributed by atoms with Crippen LogP contribution in [0.5, 0.6) is 0 Å². The van der Waals surface area contributed by atoms with E-state index in [1.807, 2.05) is 0 Å². The van der Waals surface area contributed by atoms with Crippen molar-refractivity contribution in [3.8, 4) is 0 Å². The Kier molecular flexibility index (Phi) is 4.04. The number of nitrogen functional groups attached to an aromatic ring is 2. The number of thioether (sulfide) groups is 1. The summed E-state index contributed by atoms with van der Waals surface area (Å²) in [6.45, 7) is 2.25. The third-order valence-corrected chi connectivity index (χ3v) is 6.23. The second-order valence-electron chi connectivity index (χ2n) is 4.18. The van der Waals surface area contributed by atoms with Crippen LogP contribution in [-0.2, 0) is 9.84 Å². The van der Waals surface area contributed by atoms with Gasteiger partial charge in [-0.15, -0.1) is 0 Å². The molecular weight excluding hydrogens is 286 g/mol. The Morgan fingerprint density at radius 2 is 2.21 bits per heavy atom. The minimum Gasteiger partial charge on any atom is -0.383 e. The molecule has 1 aliphatic rings. The summed E-state index contributed by atoms with van der Waals surface area (Å²) in [6.07, 6.45) is 0. The lowest BCUT2D eigenvalue weighted by molar-refractivity contribution is 0.579. The number of hydrogen-bond acceptors (Lipinski definition) is 8. The SMILES string of the molecule is CCS(=O)(=O)C1CSCCN1c1cc(N)nc(N)n1. The van der Waals surface area contributed by atoms with Crippen LogP contribution < -0.4 is 16.4 Å². The Morgan fingerprint density at radius 1 is 1.47 bits per heavy atom. The van der Waals surface area contributed by atoms with E-state index in [1.54, 1.807) is 29.7 Å². The predicted molar refractivity (Wildman–Crippen MR) is 78.8 cm³/mol. The van der Waals surface area contributed by atoms with Crippen LogP contribution in [0.1, 0.15) is 6.92 Å².